The van der Waals surface area contributed by atoms with E-state index >= 15 is 0 Å². The van der Waals surface area contributed by atoms with Gasteiger partial charge in [-0.1, -0.05) is 0 Å². The van der Waals surface area contributed by atoms with Gasteiger partial charge in [-0.15, -0.1) is 0 Å². The molecule has 4 aliphatic rings. The molecule has 0 atom stereocenters. The van der Waals surface area contributed by atoms with E-state index in [4.69, 9.17) is 5.73 Å². The number of nitrogen functional groups attached to an aromatic ring is 1. The van der Waals surface area contributed by atoms with Gasteiger partial charge >= 0.3 is 0 Å². The van der Waals surface area contributed by atoms with Crippen LogP contribution in [0.4, 0.5) is 17.8 Å². The highest BCUT2D eigenvalue weighted by Gasteiger charge is 2.57. The third kappa shape index (κ3) is 2.06. The molecule has 5 rings (SSSR count). The zero-order valence-electron chi connectivity index (χ0n) is 11.6. The fraction of sp³-hybridized carbons (Fsp3) is 0.769. The molecule has 1 aliphatic heterocycles. The molecule has 0 unspecified atom stereocenters. The molecule has 3 aliphatic carbocycles. The number of anilines is 3. The van der Waals surface area contributed by atoms with Crippen molar-refractivity contribution in [3.8, 4) is 0 Å². The summed E-state index contributed by atoms with van der Waals surface area (Å²) in [7, 11) is 0. The summed E-state index contributed by atoms with van der Waals surface area (Å²) in [5.41, 5.74) is 6.11. The van der Waals surface area contributed by atoms with Gasteiger partial charge in [0.1, 0.15) is 0 Å². The van der Waals surface area contributed by atoms with Crippen LogP contribution in [0.1, 0.15) is 25.7 Å². The van der Waals surface area contributed by atoms with Crippen LogP contribution in [0.5, 0.6) is 0 Å². The lowest BCUT2D eigenvalue weighted by Gasteiger charge is -2.61. The fourth-order valence-electron chi connectivity index (χ4n) is 3.49. The summed E-state index contributed by atoms with van der Waals surface area (Å²) in [6, 6.07) is 0. The number of aromatic nitrogens is 3. The van der Waals surface area contributed by atoms with E-state index in [9.17, 15) is 0 Å². The van der Waals surface area contributed by atoms with Gasteiger partial charge in [0.2, 0.25) is 17.8 Å². The Hall–Kier alpha value is -1.63. The number of hydrogen-bond donors (Lipinski definition) is 3. The van der Waals surface area contributed by atoms with Crippen LogP contribution in [-0.4, -0.2) is 46.7 Å². The first-order chi connectivity index (χ1) is 9.72. The van der Waals surface area contributed by atoms with Crippen LogP contribution in [0, 0.1) is 5.92 Å². The predicted molar refractivity (Wildman–Crippen MR) is 77.6 cm³/mol. The van der Waals surface area contributed by atoms with Gasteiger partial charge in [0, 0.05) is 25.2 Å². The number of nitrogens with zero attached hydrogens (tertiary/aromatic N) is 4. The van der Waals surface area contributed by atoms with E-state index in [1.165, 1.54) is 19.3 Å². The SMILES string of the molecule is Nc1nc(NC23CC(C2)C3)nc(N2CCCNCC2)n1. The minimum absolute atomic E-state index is 0.260. The number of hydrogen-bond acceptors (Lipinski definition) is 7. The van der Waals surface area contributed by atoms with Gasteiger partial charge in [-0.05, 0) is 38.1 Å². The van der Waals surface area contributed by atoms with Gasteiger partial charge in [-0.2, -0.15) is 15.0 Å². The van der Waals surface area contributed by atoms with Crippen molar-refractivity contribution in [3.63, 3.8) is 0 Å². The summed E-state index contributed by atoms with van der Waals surface area (Å²) in [4.78, 5) is 15.3. The van der Waals surface area contributed by atoms with Gasteiger partial charge in [-0.3, -0.25) is 0 Å². The minimum atomic E-state index is 0.260. The first-order valence-electron chi connectivity index (χ1n) is 7.48. The second-order valence-electron chi connectivity index (χ2n) is 6.29. The van der Waals surface area contributed by atoms with Crippen LogP contribution in [0.3, 0.4) is 0 Å². The predicted octanol–water partition coefficient (Wildman–Crippen LogP) is 0.218. The van der Waals surface area contributed by atoms with Crippen molar-refractivity contribution in [2.24, 2.45) is 5.92 Å². The van der Waals surface area contributed by atoms with Gasteiger partial charge < -0.3 is 21.3 Å². The van der Waals surface area contributed by atoms with Crippen LogP contribution in [0.2, 0.25) is 0 Å². The highest BCUT2D eigenvalue weighted by molar-refractivity contribution is 5.45. The highest BCUT2D eigenvalue weighted by atomic mass is 15.3. The molecule has 0 amide bonds. The molecule has 3 saturated carbocycles. The Morgan fingerprint density at radius 1 is 1.15 bits per heavy atom. The van der Waals surface area contributed by atoms with E-state index < -0.39 is 0 Å². The third-order valence-electron chi connectivity index (χ3n) is 4.68. The standard InChI is InChI=1S/C13H21N7/c14-10-16-11(19-13-6-9(7-13)8-13)18-12(17-10)20-4-1-2-15-3-5-20/h9,15H,1-8H2,(H3,14,16,17,18,19). The summed E-state index contributed by atoms with van der Waals surface area (Å²) < 4.78 is 0. The van der Waals surface area contributed by atoms with Gasteiger partial charge in [-0.25, -0.2) is 0 Å². The van der Waals surface area contributed by atoms with E-state index in [0.717, 1.165) is 38.5 Å². The molecule has 0 radical (unpaired) electrons. The quantitative estimate of drug-likeness (QED) is 0.726. The van der Waals surface area contributed by atoms with Crippen molar-refractivity contribution < 1.29 is 0 Å². The minimum Gasteiger partial charge on any atom is -0.368 e. The van der Waals surface area contributed by atoms with E-state index in [2.05, 4.69) is 30.5 Å². The van der Waals surface area contributed by atoms with Crippen molar-refractivity contribution in [1.29, 1.82) is 0 Å². The summed E-state index contributed by atoms with van der Waals surface area (Å²) in [5, 5.41) is 6.85. The van der Waals surface area contributed by atoms with Crippen molar-refractivity contribution in [2.75, 3.05) is 42.1 Å². The summed E-state index contributed by atoms with van der Waals surface area (Å²) >= 11 is 0. The van der Waals surface area contributed by atoms with Crippen LogP contribution in [0.25, 0.3) is 0 Å². The maximum absolute atomic E-state index is 5.85. The van der Waals surface area contributed by atoms with E-state index in [1.54, 1.807) is 0 Å². The largest absolute Gasteiger partial charge is 0.368 e. The summed E-state index contributed by atoms with van der Waals surface area (Å²) in [6.07, 6.45) is 4.85. The Kier molecular flexibility index (Phi) is 2.70. The molecule has 2 bridgehead atoms. The van der Waals surface area contributed by atoms with Crippen LogP contribution in [-0.2, 0) is 0 Å². The molecule has 7 nitrogen and oxygen atoms in total. The summed E-state index contributed by atoms with van der Waals surface area (Å²) in [6.45, 7) is 3.88. The van der Waals surface area contributed by atoms with E-state index in [1.807, 2.05) is 0 Å². The molecule has 0 aromatic carbocycles. The maximum atomic E-state index is 5.85. The van der Waals surface area contributed by atoms with Crippen LogP contribution >= 0.6 is 0 Å². The smallest absolute Gasteiger partial charge is 0.231 e. The molecular weight excluding hydrogens is 254 g/mol. The van der Waals surface area contributed by atoms with Gasteiger partial charge in [0.25, 0.3) is 0 Å². The lowest BCUT2D eigenvalue weighted by molar-refractivity contribution is 0.00147. The fourth-order valence-corrected chi connectivity index (χ4v) is 3.49. The Balaban J connectivity index is 1.54. The Bertz CT molecular complexity index is 492. The Morgan fingerprint density at radius 2 is 2.00 bits per heavy atom. The molecule has 1 aromatic heterocycles. The molecule has 1 saturated heterocycles. The molecule has 4 fully saturated rings. The molecular formula is C13H21N7. The number of nitrogens with one attached hydrogen (secondary N) is 2. The normalized spacial score (nSPS) is 32.0. The molecule has 1 aromatic rings. The van der Waals surface area contributed by atoms with Crippen LogP contribution < -0.4 is 21.3 Å². The average molecular weight is 275 g/mol. The molecule has 108 valence electrons. The Morgan fingerprint density at radius 3 is 2.75 bits per heavy atom. The zero-order valence-corrected chi connectivity index (χ0v) is 11.6. The van der Waals surface area contributed by atoms with E-state index in [-0.39, 0.29) is 5.54 Å². The first-order valence-corrected chi connectivity index (χ1v) is 7.48. The monoisotopic (exact) mass is 275 g/mol. The second kappa shape index (κ2) is 4.44. The first kappa shape index (κ1) is 12.1. The topological polar surface area (TPSA) is 92.0 Å². The molecule has 20 heavy (non-hydrogen) atoms. The highest BCUT2D eigenvalue weighted by Crippen LogP contribution is 2.58. The van der Waals surface area contributed by atoms with Gasteiger partial charge in [0.05, 0.1) is 0 Å². The number of nitrogens with two attached hydrogens (primary N) is 1. The van der Waals surface area contributed by atoms with Crippen molar-refractivity contribution in [1.82, 2.24) is 20.3 Å². The Labute approximate surface area is 118 Å². The lowest BCUT2D eigenvalue weighted by Crippen LogP contribution is -2.63. The number of rotatable bonds is 3. The van der Waals surface area contributed by atoms with Crippen molar-refractivity contribution in [3.05, 3.63) is 0 Å². The van der Waals surface area contributed by atoms with E-state index in [0.29, 0.717) is 17.8 Å². The van der Waals surface area contributed by atoms with Crippen molar-refractivity contribution in [2.45, 2.75) is 31.2 Å². The lowest BCUT2D eigenvalue weighted by atomic mass is 9.50. The van der Waals surface area contributed by atoms with Gasteiger partial charge in [0.15, 0.2) is 0 Å². The maximum Gasteiger partial charge on any atom is 0.231 e. The summed E-state index contributed by atoms with van der Waals surface area (Å²) in [5.74, 6) is 2.58. The zero-order chi connectivity index (χ0) is 13.6. The molecule has 7 heteroatoms. The van der Waals surface area contributed by atoms with Crippen molar-refractivity contribution >= 4 is 17.8 Å². The average Bonchev–Trinajstić information content (AvgIpc) is 2.60. The molecule has 4 N–H and O–H groups in total. The third-order valence-corrected chi connectivity index (χ3v) is 4.68. The molecule has 0 spiro atoms. The molecule has 2 heterocycles. The van der Waals surface area contributed by atoms with Crippen LogP contribution in [0.15, 0.2) is 0 Å². The second-order valence-corrected chi connectivity index (χ2v) is 6.29.